The molecule has 2 heteroatoms. The Kier molecular flexibility index (Phi) is 8.07. The Bertz CT molecular complexity index is 141. The van der Waals surface area contributed by atoms with E-state index in [2.05, 4.69) is 51.8 Å². The molecule has 0 bridgehead atoms. The molecular weight excluding hydrogens is 184 g/mol. The number of nitrogens with one attached hydrogen (secondary N) is 1. The maximum absolute atomic E-state index is 3.68. The van der Waals surface area contributed by atoms with Gasteiger partial charge in [-0.1, -0.05) is 34.6 Å². The maximum Gasteiger partial charge on any atom is 0.0192 e. The molecule has 0 saturated heterocycles. The summed E-state index contributed by atoms with van der Waals surface area (Å²) < 4.78 is 0. The van der Waals surface area contributed by atoms with Crippen LogP contribution in [-0.4, -0.2) is 36.6 Å². The number of likely N-dealkylation sites (N-methyl/N-ethyl adjacent to an activating group) is 1. The van der Waals surface area contributed by atoms with Gasteiger partial charge in [0.1, 0.15) is 0 Å². The molecule has 0 amide bonds. The highest BCUT2D eigenvalue weighted by Crippen LogP contribution is 2.06. The van der Waals surface area contributed by atoms with Gasteiger partial charge in [-0.15, -0.1) is 0 Å². The molecule has 92 valence electrons. The van der Waals surface area contributed by atoms with E-state index in [1.807, 2.05) is 0 Å². The Balaban J connectivity index is 3.91. The van der Waals surface area contributed by atoms with Gasteiger partial charge in [0, 0.05) is 18.6 Å². The lowest BCUT2D eigenvalue weighted by molar-refractivity contribution is 0.214. The normalized spacial score (nSPS) is 16.0. The first-order valence-corrected chi connectivity index (χ1v) is 6.54. The lowest BCUT2D eigenvalue weighted by atomic mass is 10.0. The highest BCUT2D eigenvalue weighted by molar-refractivity contribution is 4.73. The van der Waals surface area contributed by atoms with E-state index in [1.165, 1.54) is 6.42 Å². The van der Waals surface area contributed by atoms with Crippen molar-refractivity contribution in [1.29, 1.82) is 0 Å². The van der Waals surface area contributed by atoms with Crippen molar-refractivity contribution in [1.82, 2.24) is 10.2 Å². The van der Waals surface area contributed by atoms with Crippen molar-refractivity contribution < 1.29 is 0 Å². The van der Waals surface area contributed by atoms with E-state index in [9.17, 15) is 0 Å². The van der Waals surface area contributed by atoms with Crippen molar-refractivity contribution in [2.24, 2.45) is 5.92 Å². The average Bonchev–Trinajstić information content (AvgIpc) is 2.20. The second-order valence-electron chi connectivity index (χ2n) is 4.74. The van der Waals surface area contributed by atoms with Gasteiger partial charge >= 0.3 is 0 Å². The molecule has 0 heterocycles. The summed E-state index contributed by atoms with van der Waals surface area (Å²) in [5.41, 5.74) is 0. The first-order valence-electron chi connectivity index (χ1n) is 6.54. The highest BCUT2D eigenvalue weighted by Gasteiger charge is 2.14. The Morgan fingerprint density at radius 1 is 1.00 bits per heavy atom. The fourth-order valence-electron chi connectivity index (χ4n) is 2.15. The fourth-order valence-corrected chi connectivity index (χ4v) is 2.15. The predicted molar refractivity (Wildman–Crippen MR) is 69.3 cm³/mol. The number of rotatable bonds is 8. The first-order chi connectivity index (χ1) is 7.06. The second-order valence-corrected chi connectivity index (χ2v) is 4.74. The smallest absolute Gasteiger partial charge is 0.0192 e. The van der Waals surface area contributed by atoms with Gasteiger partial charge in [-0.05, 0) is 32.4 Å². The summed E-state index contributed by atoms with van der Waals surface area (Å²) in [6.45, 7) is 17.0. The lowest BCUT2D eigenvalue weighted by Crippen LogP contribution is -2.44. The summed E-state index contributed by atoms with van der Waals surface area (Å²) in [5, 5.41) is 3.68. The largest absolute Gasteiger partial charge is 0.312 e. The van der Waals surface area contributed by atoms with Crippen molar-refractivity contribution in [3.05, 3.63) is 0 Å². The summed E-state index contributed by atoms with van der Waals surface area (Å²) in [6.07, 6.45) is 1.22. The van der Waals surface area contributed by atoms with Gasteiger partial charge in [-0.2, -0.15) is 0 Å². The van der Waals surface area contributed by atoms with Crippen LogP contribution < -0.4 is 5.32 Å². The minimum Gasteiger partial charge on any atom is -0.312 e. The van der Waals surface area contributed by atoms with Crippen LogP contribution >= 0.6 is 0 Å². The number of hydrogen-bond acceptors (Lipinski definition) is 2. The number of hydrogen-bond donors (Lipinski definition) is 1. The molecule has 1 N–H and O–H groups in total. The minimum absolute atomic E-state index is 0.646. The van der Waals surface area contributed by atoms with Crippen LogP contribution in [0.25, 0.3) is 0 Å². The van der Waals surface area contributed by atoms with Crippen LogP contribution in [0.1, 0.15) is 48.0 Å². The fraction of sp³-hybridized carbons (Fsp3) is 1.00. The lowest BCUT2D eigenvalue weighted by Gasteiger charge is -2.29. The molecule has 2 unspecified atom stereocenters. The third-order valence-electron chi connectivity index (χ3n) is 3.36. The molecule has 0 radical (unpaired) electrons. The summed E-state index contributed by atoms with van der Waals surface area (Å²) in [7, 11) is 0. The molecule has 2 atom stereocenters. The quantitative estimate of drug-likeness (QED) is 0.668. The van der Waals surface area contributed by atoms with Crippen LogP contribution in [0.4, 0.5) is 0 Å². The molecule has 0 aliphatic heterocycles. The summed E-state index contributed by atoms with van der Waals surface area (Å²) >= 11 is 0. The van der Waals surface area contributed by atoms with E-state index in [-0.39, 0.29) is 0 Å². The van der Waals surface area contributed by atoms with Gasteiger partial charge in [0.05, 0.1) is 0 Å². The third kappa shape index (κ3) is 5.53. The molecule has 0 fully saturated rings. The SMILES string of the molecule is CCC(NCC(C)N(CC)CC)C(C)C. The van der Waals surface area contributed by atoms with Crippen molar-refractivity contribution in [2.75, 3.05) is 19.6 Å². The zero-order valence-corrected chi connectivity index (χ0v) is 11.5. The van der Waals surface area contributed by atoms with Crippen molar-refractivity contribution in [3.63, 3.8) is 0 Å². The Hall–Kier alpha value is -0.0800. The second kappa shape index (κ2) is 8.12. The topological polar surface area (TPSA) is 15.3 Å². The molecule has 2 nitrogen and oxygen atoms in total. The van der Waals surface area contributed by atoms with E-state index in [0.29, 0.717) is 12.1 Å². The number of nitrogens with zero attached hydrogens (tertiary/aromatic N) is 1. The zero-order valence-electron chi connectivity index (χ0n) is 11.5. The third-order valence-corrected chi connectivity index (χ3v) is 3.36. The Morgan fingerprint density at radius 3 is 1.87 bits per heavy atom. The summed E-state index contributed by atoms with van der Waals surface area (Å²) in [6, 6.07) is 1.32. The van der Waals surface area contributed by atoms with E-state index < -0.39 is 0 Å². The van der Waals surface area contributed by atoms with E-state index in [4.69, 9.17) is 0 Å². The van der Waals surface area contributed by atoms with Gasteiger partial charge in [0.15, 0.2) is 0 Å². The van der Waals surface area contributed by atoms with Gasteiger partial charge in [0.2, 0.25) is 0 Å². The first kappa shape index (κ1) is 14.9. The van der Waals surface area contributed by atoms with Crippen LogP contribution in [0.2, 0.25) is 0 Å². The minimum atomic E-state index is 0.646. The molecule has 0 aromatic rings. The molecule has 0 aromatic heterocycles. The molecule has 0 aliphatic carbocycles. The average molecular weight is 214 g/mol. The molecule has 0 spiro atoms. The zero-order chi connectivity index (χ0) is 11.8. The van der Waals surface area contributed by atoms with Gasteiger partial charge < -0.3 is 5.32 Å². The Labute approximate surface area is 96.4 Å². The van der Waals surface area contributed by atoms with Crippen LogP contribution in [0.15, 0.2) is 0 Å². The van der Waals surface area contributed by atoms with Crippen LogP contribution in [0.5, 0.6) is 0 Å². The molecule has 0 rings (SSSR count). The van der Waals surface area contributed by atoms with Crippen molar-refractivity contribution in [2.45, 2.75) is 60.0 Å². The van der Waals surface area contributed by atoms with Crippen molar-refractivity contribution >= 4 is 0 Å². The maximum atomic E-state index is 3.68. The Morgan fingerprint density at radius 2 is 1.53 bits per heavy atom. The standard InChI is InChI=1S/C13H30N2/c1-7-13(11(4)5)14-10-12(6)15(8-2)9-3/h11-14H,7-10H2,1-6H3. The van der Waals surface area contributed by atoms with Gasteiger partial charge in [0.25, 0.3) is 0 Å². The van der Waals surface area contributed by atoms with Crippen LogP contribution in [-0.2, 0) is 0 Å². The monoisotopic (exact) mass is 214 g/mol. The van der Waals surface area contributed by atoms with Gasteiger partial charge in [-0.25, -0.2) is 0 Å². The highest BCUT2D eigenvalue weighted by atomic mass is 15.2. The molecule has 0 aromatic carbocycles. The van der Waals surface area contributed by atoms with Crippen molar-refractivity contribution in [3.8, 4) is 0 Å². The predicted octanol–water partition coefficient (Wildman–Crippen LogP) is 2.74. The summed E-state index contributed by atoms with van der Waals surface area (Å²) in [4.78, 5) is 2.50. The molecule has 0 saturated carbocycles. The molecular formula is C13H30N2. The summed E-state index contributed by atoms with van der Waals surface area (Å²) in [5.74, 6) is 0.735. The molecule has 15 heavy (non-hydrogen) atoms. The van der Waals surface area contributed by atoms with Crippen LogP contribution in [0, 0.1) is 5.92 Å². The molecule has 0 aliphatic rings. The van der Waals surface area contributed by atoms with E-state index >= 15 is 0 Å². The van der Waals surface area contributed by atoms with Gasteiger partial charge in [-0.3, -0.25) is 4.90 Å². The van der Waals surface area contributed by atoms with E-state index in [0.717, 1.165) is 25.6 Å². The van der Waals surface area contributed by atoms with E-state index in [1.54, 1.807) is 0 Å². The van der Waals surface area contributed by atoms with Crippen LogP contribution in [0.3, 0.4) is 0 Å².